The Morgan fingerprint density at radius 3 is 2.92 bits per heavy atom. The highest BCUT2D eigenvalue weighted by atomic mass is 19.3. The minimum Gasteiger partial charge on any atom is -0.293 e. The fraction of sp³-hybridized carbons (Fsp3) is 0.571. The van der Waals surface area contributed by atoms with Crippen LogP contribution >= 0.6 is 0 Å². The monoisotopic (exact) mass is 189 g/mol. The average molecular weight is 189 g/mol. The van der Waals surface area contributed by atoms with Crippen LogP contribution in [0.2, 0.25) is 0 Å². The standard InChI is InChI=1S/C7H9F2N3O/c1-5(13)6-4-10-11-12(6)3-2-7(8)9/h4,7H,2-3H2,1H3. The molecule has 0 saturated heterocycles. The number of aromatic nitrogens is 3. The Labute approximate surface area is 73.5 Å². The Morgan fingerprint density at radius 1 is 1.69 bits per heavy atom. The summed E-state index contributed by atoms with van der Waals surface area (Å²) in [5.41, 5.74) is 0.264. The van der Waals surface area contributed by atoms with E-state index in [9.17, 15) is 13.6 Å². The quantitative estimate of drug-likeness (QED) is 0.667. The van der Waals surface area contributed by atoms with E-state index in [1.807, 2.05) is 0 Å². The molecule has 0 amide bonds. The van der Waals surface area contributed by atoms with Crippen LogP contribution in [0.3, 0.4) is 0 Å². The summed E-state index contributed by atoms with van der Waals surface area (Å²) in [6.45, 7) is 1.37. The van der Waals surface area contributed by atoms with Gasteiger partial charge in [0.2, 0.25) is 6.43 Å². The van der Waals surface area contributed by atoms with Crippen LogP contribution in [0.25, 0.3) is 0 Å². The molecule has 0 spiro atoms. The fourth-order valence-electron chi connectivity index (χ4n) is 0.915. The van der Waals surface area contributed by atoms with Crippen LogP contribution in [-0.4, -0.2) is 27.2 Å². The summed E-state index contributed by atoms with van der Waals surface area (Å²) >= 11 is 0. The van der Waals surface area contributed by atoms with E-state index in [0.717, 1.165) is 0 Å². The highest BCUT2D eigenvalue weighted by Gasteiger charge is 2.10. The minimum absolute atomic E-state index is 0.0204. The molecule has 4 nitrogen and oxygen atoms in total. The van der Waals surface area contributed by atoms with Crippen molar-refractivity contribution < 1.29 is 13.6 Å². The first kappa shape index (κ1) is 9.76. The molecule has 1 heterocycles. The van der Waals surface area contributed by atoms with Crippen molar-refractivity contribution in [1.82, 2.24) is 15.0 Å². The number of Topliss-reactive ketones (excluding diaryl/α,β-unsaturated/α-hetero) is 1. The van der Waals surface area contributed by atoms with E-state index in [2.05, 4.69) is 10.3 Å². The Kier molecular flexibility index (Phi) is 3.05. The molecule has 0 aliphatic rings. The second-order valence-electron chi connectivity index (χ2n) is 2.58. The summed E-state index contributed by atoms with van der Waals surface area (Å²) in [4.78, 5) is 10.9. The Bertz CT molecular complexity index is 298. The molecule has 0 radical (unpaired) electrons. The van der Waals surface area contributed by atoms with Gasteiger partial charge >= 0.3 is 0 Å². The van der Waals surface area contributed by atoms with Crippen LogP contribution in [0.1, 0.15) is 23.8 Å². The van der Waals surface area contributed by atoms with Crippen molar-refractivity contribution in [2.45, 2.75) is 26.3 Å². The summed E-state index contributed by atoms with van der Waals surface area (Å²) in [6.07, 6.45) is -1.43. The second kappa shape index (κ2) is 4.06. The highest BCUT2D eigenvalue weighted by Crippen LogP contribution is 2.04. The van der Waals surface area contributed by atoms with E-state index in [0.29, 0.717) is 0 Å². The van der Waals surface area contributed by atoms with Crippen LogP contribution in [0, 0.1) is 0 Å². The third kappa shape index (κ3) is 2.57. The molecule has 0 N–H and O–H groups in total. The zero-order valence-electron chi connectivity index (χ0n) is 7.07. The highest BCUT2D eigenvalue weighted by molar-refractivity contribution is 5.91. The molecule has 0 aromatic carbocycles. The SMILES string of the molecule is CC(=O)c1cnnn1CCC(F)F. The van der Waals surface area contributed by atoms with Crippen LogP contribution in [-0.2, 0) is 6.54 Å². The first-order valence-electron chi connectivity index (χ1n) is 3.79. The predicted molar refractivity (Wildman–Crippen MR) is 40.6 cm³/mol. The Morgan fingerprint density at radius 2 is 2.38 bits per heavy atom. The number of nitrogens with zero attached hydrogens (tertiary/aromatic N) is 3. The van der Waals surface area contributed by atoms with Gasteiger partial charge in [0, 0.05) is 19.9 Å². The molecule has 0 bridgehead atoms. The zero-order chi connectivity index (χ0) is 9.84. The molecule has 0 aliphatic carbocycles. The van der Waals surface area contributed by atoms with Crippen LogP contribution in [0.5, 0.6) is 0 Å². The number of ketones is 1. The molecule has 6 heteroatoms. The van der Waals surface area contributed by atoms with Gasteiger partial charge in [-0.15, -0.1) is 5.10 Å². The third-order valence-electron chi connectivity index (χ3n) is 1.54. The van der Waals surface area contributed by atoms with Crippen molar-refractivity contribution in [1.29, 1.82) is 0 Å². The van der Waals surface area contributed by atoms with Crippen LogP contribution in [0.15, 0.2) is 6.20 Å². The summed E-state index contributed by atoms with van der Waals surface area (Å²) in [5, 5.41) is 6.99. The summed E-state index contributed by atoms with van der Waals surface area (Å²) in [5.74, 6) is -0.223. The molecule has 1 aromatic heterocycles. The van der Waals surface area contributed by atoms with Crippen molar-refractivity contribution in [2.24, 2.45) is 0 Å². The largest absolute Gasteiger partial charge is 0.293 e. The number of rotatable bonds is 4. The molecular formula is C7H9F2N3O. The van der Waals surface area contributed by atoms with E-state index in [-0.39, 0.29) is 24.4 Å². The van der Waals surface area contributed by atoms with Gasteiger partial charge in [-0.25, -0.2) is 13.5 Å². The van der Waals surface area contributed by atoms with Crippen LogP contribution in [0.4, 0.5) is 8.78 Å². The van der Waals surface area contributed by atoms with Crippen molar-refractivity contribution in [3.8, 4) is 0 Å². The first-order chi connectivity index (χ1) is 6.11. The van der Waals surface area contributed by atoms with E-state index in [4.69, 9.17) is 0 Å². The lowest BCUT2D eigenvalue weighted by Crippen LogP contribution is -2.10. The average Bonchev–Trinajstić information content (AvgIpc) is 2.47. The van der Waals surface area contributed by atoms with E-state index < -0.39 is 6.43 Å². The molecule has 0 fully saturated rings. The number of halogens is 2. The summed E-state index contributed by atoms with van der Waals surface area (Å²) in [6, 6.07) is 0. The lowest BCUT2D eigenvalue weighted by Gasteiger charge is -2.02. The molecule has 1 rings (SSSR count). The van der Waals surface area contributed by atoms with Gasteiger partial charge in [0.1, 0.15) is 5.69 Å². The zero-order valence-corrected chi connectivity index (χ0v) is 7.07. The topological polar surface area (TPSA) is 47.8 Å². The molecule has 0 aliphatic heterocycles. The van der Waals surface area contributed by atoms with Gasteiger partial charge in [0.15, 0.2) is 5.78 Å². The third-order valence-corrected chi connectivity index (χ3v) is 1.54. The van der Waals surface area contributed by atoms with Crippen molar-refractivity contribution in [3.05, 3.63) is 11.9 Å². The van der Waals surface area contributed by atoms with Crippen molar-refractivity contribution >= 4 is 5.78 Å². The number of carbonyl (C=O) groups excluding carboxylic acids is 1. The summed E-state index contributed by atoms with van der Waals surface area (Å²) < 4.78 is 24.8. The van der Waals surface area contributed by atoms with E-state index in [1.54, 1.807) is 0 Å². The lowest BCUT2D eigenvalue weighted by molar-refractivity contribution is 0.0994. The molecule has 0 atom stereocenters. The second-order valence-corrected chi connectivity index (χ2v) is 2.58. The molecule has 1 aromatic rings. The molecule has 0 saturated carbocycles. The van der Waals surface area contributed by atoms with E-state index in [1.165, 1.54) is 17.8 Å². The van der Waals surface area contributed by atoms with Gasteiger partial charge < -0.3 is 0 Å². The smallest absolute Gasteiger partial charge is 0.240 e. The Hall–Kier alpha value is -1.33. The number of carbonyl (C=O) groups is 1. The van der Waals surface area contributed by atoms with Gasteiger partial charge in [-0.3, -0.25) is 4.79 Å². The lowest BCUT2D eigenvalue weighted by atomic mass is 10.3. The number of hydrogen-bond acceptors (Lipinski definition) is 3. The number of alkyl halides is 2. The maximum Gasteiger partial charge on any atom is 0.240 e. The van der Waals surface area contributed by atoms with Crippen molar-refractivity contribution in [3.63, 3.8) is 0 Å². The predicted octanol–water partition coefficient (Wildman–Crippen LogP) is 1.14. The van der Waals surface area contributed by atoms with Crippen molar-refractivity contribution in [2.75, 3.05) is 0 Å². The molecular weight excluding hydrogens is 180 g/mol. The molecule has 72 valence electrons. The number of hydrogen-bond donors (Lipinski definition) is 0. The van der Waals surface area contributed by atoms with Crippen LogP contribution < -0.4 is 0 Å². The van der Waals surface area contributed by atoms with Gasteiger partial charge in [0.25, 0.3) is 0 Å². The fourth-order valence-corrected chi connectivity index (χ4v) is 0.915. The molecule has 0 unspecified atom stereocenters. The number of aryl methyl sites for hydroxylation is 1. The minimum atomic E-state index is -2.39. The Balaban J connectivity index is 2.65. The molecule has 13 heavy (non-hydrogen) atoms. The first-order valence-corrected chi connectivity index (χ1v) is 3.79. The maximum atomic E-state index is 11.8. The summed E-state index contributed by atoms with van der Waals surface area (Å²) in [7, 11) is 0. The van der Waals surface area contributed by atoms with Gasteiger partial charge in [-0.05, 0) is 0 Å². The maximum absolute atomic E-state index is 11.8. The van der Waals surface area contributed by atoms with E-state index >= 15 is 0 Å². The van der Waals surface area contributed by atoms with Gasteiger partial charge in [-0.2, -0.15) is 0 Å². The van der Waals surface area contributed by atoms with Gasteiger partial charge in [0.05, 0.1) is 6.20 Å². The van der Waals surface area contributed by atoms with Gasteiger partial charge in [-0.1, -0.05) is 5.21 Å². The normalized spacial score (nSPS) is 10.8.